The van der Waals surface area contributed by atoms with Gasteiger partial charge >= 0.3 is 0 Å². The molecule has 3 rings (SSSR count). The molecule has 1 N–H and O–H groups in total. The number of carbonyl (C=O) groups is 1. The average molecular weight is 355 g/mol. The molecule has 0 saturated heterocycles. The van der Waals surface area contributed by atoms with E-state index in [1.54, 1.807) is 12.1 Å². The molecule has 1 amide bonds. The Hall–Kier alpha value is -1.12. The summed E-state index contributed by atoms with van der Waals surface area (Å²) in [4.78, 5) is 12.5. The van der Waals surface area contributed by atoms with Crippen molar-refractivity contribution in [1.82, 2.24) is 15.5 Å². The predicted molar refractivity (Wildman–Crippen MR) is 87.9 cm³/mol. The molecule has 1 fully saturated rings. The first-order chi connectivity index (χ1) is 10.7. The number of aromatic nitrogens is 2. The van der Waals surface area contributed by atoms with E-state index in [0.717, 1.165) is 27.1 Å². The second kappa shape index (κ2) is 6.97. The minimum absolute atomic E-state index is 0.0555. The molecule has 0 radical (unpaired) electrons. The van der Waals surface area contributed by atoms with Gasteiger partial charge in [-0.3, -0.25) is 4.79 Å². The van der Waals surface area contributed by atoms with Crippen molar-refractivity contribution in [3.05, 3.63) is 35.6 Å². The molecule has 0 aliphatic heterocycles. The topological polar surface area (TPSA) is 54.9 Å². The third-order valence-corrected chi connectivity index (χ3v) is 6.35. The normalized spacial score (nSPS) is 15.5. The number of amides is 1. The first-order valence-electron chi connectivity index (χ1n) is 6.75. The second-order valence-electron chi connectivity index (χ2n) is 4.87. The molecule has 1 aliphatic carbocycles. The molecule has 116 valence electrons. The maximum absolute atomic E-state index is 13.1. The summed E-state index contributed by atoms with van der Waals surface area (Å²) in [6, 6.07) is 6.33. The first-order valence-corrected chi connectivity index (χ1v) is 9.68. The smallest absolute Gasteiger partial charge is 0.238 e. The van der Waals surface area contributed by atoms with Gasteiger partial charge in [0.2, 0.25) is 5.91 Å². The van der Waals surface area contributed by atoms with Crippen LogP contribution in [-0.2, 0) is 4.79 Å². The number of nitrogens with one attached hydrogen (secondary N) is 1. The van der Waals surface area contributed by atoms with Gasteiger partial charge in [-0.15, -0.1) is 10.2 Å². The summed E-state index contributed by atoms with van der Waals surface area (Å²) < 4.78 is 14.7. The molecule has 1 unspecified atom stereocenters. The highest BCUT2D eigenvalue weighted by atomic mass is 32.2. The van der Waals surface area contributed by atoms with Gasteiger partial charge in [0.15, 0.2) is 8.68 Å². The van der Waals surface area contributed by atoms with Crippen LogP contribution in [-0.4, -0.2) is 28.4 Å². The van der Waals surface area contributed by atoms with Crippen LogP contribution in [0.3, 0.4) is 0 Å². The molecule has 1 aliphatic rings. The fraction of sp³-hybridized carbons (Fsp3) is 0.357. The molecule has 8 heteroatoms. The first kappa shape index (κ1) is 15.8. The molecular weight excluding hydrogens is 341 g/mol. The molecule has 0 spiro atoms. The van der Waals surface area contributed by atoms with Gasteiger partial charge in [-0.1, -0.05) is 47.0 Å². The maximum Gasteiger partial charge on any atom is 0.238 e. The molecular formula is C14H14FN3OS3. The lowest BCUT2D eigenvalue weighted by atomic mass is 10.1. The van der Waals surface area contributed by atoms with E-state index in [1.807, 2.05) is 6.26 Å². The van der Waals surface area contributed by atoms with Crippen LogP contribution >= 0.6 is 34.9 Å². The van der Waals surface area contributed by atoms with Crippen LogP contribution in [0.4, 0.5) is 4.39 Å². The van der Waals surface area contributed by atoms with Gasteiger partial charge in [-0.2, -0.15) is 0 Å². The zero-order valence-electron chi connectivity index (χ0n) is 11.8. The lowest BCUT2D eigenvalue weighted by Crippen LogP contribution is -2.29. The number of halogens is 1. The van der Waals surface area contributed by atoms with Crippen molar-refractivity contribution in [3.63, 3.8) is 0 Å². The predicted octanol–water partition coefficient (Wildman–Crippen LogP) is 3.51. The van der Waals surface area contributed by atoms with Crippen LogP contribution < -0.4 is 5.32 Å². The van der Waals surface area contributed by atoms with Gasteiger partial charge in [0.1, 0.15) is 11.1 Å². The van der Waals surface area contributed by atoms with Crippen molar-refractivity contribution >= 4 is 40.8 Å². The zero-order chi connectivity index (χ0) is 15.5. The largest absolute Gasteiger partial charge is 0.352 e. The second-order valence-corrected chi connectivity index (χ2v) is 8.25. The van der Waals surface area contributed by atoms with Crippen molar-refractivity contribution in [2.24, 2.45) is 0 Å². The Balaban J connectivity index is 1.80. The van der Waals surface area contributed by atoms with Gasteiger partial charge < -0.3 is 5.32 Å². The monoisotopic (exact) mass is 355 g/mol. The molecule has 22 heavy (non-hydrogen) atoms. The summed E-state index contributed by atoms with van der Waals surface area (Å²) in [5.41, 5.74) is 0.769. The van der Waals surface area contributed by atoms with E-state index in [-0.39, 0.29) is 17.8 Å². The molecule has 1 aromatic carbocycles. The van der Waals surface area contributed by atoms with Crippen molar-refractivity contribution in [2.45, 2.75) is 32.8 Å². The Morgan fingerprint density at radius 2 is 2.00 bits per heavy atom. The van der Waals surface area contributed by atoms with Crippen LogP contribution in [0, 0.1) is 5.82 Å². The molecule has 4 nitrogen and oxygen atoms in total. The third kappa shape index (κ3) is 3.99. The van der Waals surface area contributed by atoms with E-state index in [0.29, 0.717) is 0 Å². The highest BCUT2D eigenvalue weighted by Gasteiger charge is 2.30. The number of benzene rings is 1. The van der Waals surface area contributed by atoms with Crippen molar-refractivity contribution in [3.8, 4) is 0 Å². The number of nitrogens with zero attached hydrogens (tertiary/aromatic N) is 2. The van der Waals surface area contributed by atoms with E-state index >= 15 is 0 Å². The van der Waals surface area contributed by atoms with Crippen LogP contribution in [0.5, 0.6) is 0 Å². The number of rotatable bonds is 6. The van der Waals surface area contributed by atoms with Crippen molar-refractivity contribution in [2.75, 3.05) is 6.26 Å². The Kier molecular flexibility index (Phi) is 5.00. The number of thioether (sulfide) groups is 2. The Morgan fingerprint density at radius 1 is 1.32 bits per heavy atom. The summed E-state index contributed by atoms with van der Waals surface area (Å²) in [5.74, 6) is -0.365. The SMILES string of the molecule is CSc1nnc(SC(C(=O)NC2CC2)c2ccc(F)cc2)s1. The summed E-state index contributed by atoms with van der Waals surface area (Å²) >= 11 is 4.34. The summed E-state index contributed by atoms with van der Waals surface area (Å²) in [7, 11) is 0. The van der Waals surface area contributed by atoms with E-state index in [1.165, 1.54) is 47.0 Å². The van der Waals surface area contributed by atoms with Gasteiger partial charge in [-0.05, 0) is 36.8 Å². The molecule has 1 saturated carbocycles. The van der Waals surface area contributed by atoms with Crippen molar-refractivity contribution in [1.29, 1.82) is 0 Å². The van der Waals surface area contributed by atoms with Gasteiger partial charge in [-0.25, -0.2) is 4.39 Å². The highest BCUT2D eigenvalue weighted by Crippen LogP contribution is 2.39. The highest BCUT2D eigenvalue weighted by molar-refractivity contribution is 8.03. The molecule has 1 atom stereocenters. The third-order valence-electron chi connectivity index (χ3n) is 3.12. The Morgan fingerprint density at radius 3 is 2.59 bits per heavy atom. The Labute approximate surface area is 140 Å². The quantitative estimate of drug-likeness (QED) is 0.804. The minimum atomic E-state index is -0.441. The van der Waals surface area contributed by atoms with Crippen LogP contribution in [0.2, 0.25) is 0 Å². The number of hydrogen-bond donors (Lipinski definition) is 1. The summed E-state index contributed by atoms with van der Waals surface area (Å²) in [6.45, 7) is 0. The standard InChI is InChI=1S/C14H14FN3OS3/c1-20-13-17-18-14(22-13)21-11(12(19)16-10-6-7-10)8-2-4-9(15)5-3-8/h2-5,10-11H,6-7H2,1H3,(H,16,19). The lowest BCUT2D eigenvalue weighted by Gasteiger charge is -2.15. The van der Waals surface area contributed by atoms with E-state index in [2.05, 4.69) is 15.5 Å². The fourth-order valence-electron chi connectivity index (χ4n) is 1.84. The number of carbonyl (C=O) groups excluding carboxylic acids is 1. The van der Waals surface area contributed by atoms with Crippen LogP contribution in [0.25, 0.3) is 0 Å². The van der Waals surface area contributed by atoms with Crippen LogP contribution in [0.1, 0.15) is 23.7 Å². The van der Waals surface area contributed by atoms with Gasteiger partial charge in [0.05, 0.1) is 0 Å². The van der Waals surface area contributed by atoms with Crippen LogP contribution in [0.15, 0.2) is 32.9 Å². The van der Waals surface area contributed by atoms with E-state index in [4.69, 9.17) is 0 Å². The van der Waals surface area contributed by atoms with Crippen molar-refractivity contribution < 1.29 is 9.18 Å². The molecule has 1 heterocycles. The Bertz CT molecular complexity index is 658. The summed E-state index contributed by atoms with van der Waals surface area (Å²) in [6.07, 6.45) is 4.00. The minimum Gasteiger partial charge on any atom is -0.352 e. The number of hydrogen-bond acceptors (Lipinski definition) is 6. The van der Waals surface area contributed by atoms with E-state index < -0.39 is 5.25 Å². The summed E-state index contributed by atoms with van der Waals surface area (Å²) in [5, 5.41) is 10.7. The molecule has 1 aromatic heterocycles. The van der Waals surface area contributed by atoms with E-state index in [9.17, 15) is 9.18 Å². The lowest BCUT2D eigenvalue weighted by molar-refractivity contribution is -0.120. The van der Waals surface area contributed by atoms with Gasteiger partial charge in [0, 0.05) is 6.04 Å². The van der Waals surface area contributed by atoms with Gasteiger partial charge in [0.25, 0.3) is 0 Å². The molecule has 2 aromatic rings. The maximum atomic E-state index is 13.1. The average Bonchev–Trinajstić information content (AvgIpc) is 3.21. The molecule has 0 bridgehead atoms. The fourth-order valence-corrected chi connectivity index (χ4v) is 4.48. The zero-order valence-corrected chi connectivity index (χ0v) is 14.2.